The van der Waals surface area contributed by atoms with Gasteiger partial charge < -0.3 is 29.2 Å². The molecule has 0 fully saturated rings. The van der Waals surface area contributed by atoms with Gasteiger partial charge in [-0.2, -0.15) is 0 Å². The second-order valence-corrected chi connectivity index (χ2v) is 8.15. The van der Waals surface area contributed by atoms with Crippen molar-refractivity contribution in [2.45, 2.75) is 46.0 Å². The number of phenols is 2. The van der Waals surface area contributed by atoms with Crippen LogP contribution in [0.4, 0.5) is 0 Å². The standard InChI is InChI=1S/C27H32O8/c1-7-15-32-25-19(34-21(28)9-3)13-11-17(23(25)30)27(5,6)18-12-14-20(35-22(29)10-4)26(24(18)31)33-16-8-2/h9-14,30-31H,3-4,7-8,15-16H2,1-2,5-6H3. The Morgan fingerprint density at radius 3 is 1.49 bits per heavy atom. The van der Waals surface area contributed by atoms with Crippen LogP contribution in [0.25, 0.3) is 0 Å². The molecule has 0 unspecified atom stereocenters. The second-order valence-electron chi connectivity index (χ2n) is 8.15. The Kier molecular flexibility index (Phi) is 9.34. The molecule has 0 amide bonds. The molecule has 2 aromatic carbocycles. The van der Waals surface area contributed by atoms with Crippen LogP contribution in [0.3, 0.4) is 0 Å². The number of carbonyl (C=O) groups is 2. The maximum atomic E-state index is 11.8. The lowest BCUT2D eigenvalue weighted by atomic mass is 9.76. The van der Waals surface area contributed by atoms with Crippen LogP contribution in [0.1, 0.15) is 51.7 Å². The third-order valence-electron chi connectivity index (χ3n) is 5.19. The zero-order chi connectivity index (χ0) is 26.2. The van der Waals surface area contributed by atoms with Crippen LogP contribution < -0.4 is 18.9 Å². The van der Waals surface area contributed by atoms with E-state index in [4.69, 9.17) is 18.9 Å². The zero-order valence-corrected chi connectivity index (χ0v) is 20.6. The van der Waals surface area contributed by atoms with Crippen LogP contribution in [-0.2, 0) is 15.0 Å². The van der Waals surface area contributed by atoms with Crippen molar-refractivity contribution in [1.82, 2.24) is 0 Å². The third kappa shape index (κ3) is 6.15. The number of hydrogen-bond donors (Lipinski definition) is 2. The van der Waals surface area contributed by atoms with Crippen molar-refractivity contribution in [1.29, 1.82) is 0 Å². The van der Waals surface area contributed by atoms with Crippen molar-refractivity contribution >= 4 is 11.9 Å². The van der Waals surface area contributed by atoms with E-state index in [2.05, 4.69) is 13.2 Å². The van der Waals surface area contributed by atoms with E-state index in [-0.39, 0.29) is 47.7 Å². The van der Waals surface area contributed by atoms with Crippen molar-refractivity contribution in [2.24, 2.45) is 0 Å². The molecule has 8 heteroatoms. The van der Waals surface area contributed by atoms with Crippen molar-refractivity contribution < 1.29 is 38.7 Å². The first-order chi connectivity index (χ1) is 16.6. The summed E-state index contributed by atoms with van der Waals surface area (Å²) in [7, 11) is 0. The van der Waals surface area contributed by atoms with E-state index in [0.29, 0.717) is 24.0 Å². The molecule has 0 aromatic heterocycles. The molecule has 0 bridgehead atoms. The molecule has 0 saturated heterocycles. The largest absolute Gasteiger partial charge is 0.504 e. The predicted octanol–water partition coefficient (Wildman–Crippen LogP) is 5.18. The van der Waals surface area contributed by atoms with Gasteiger partial charge in [0, 0.05) is 28.7 Å². The Morgan fingerprint density at radius 1 is 0.800 bits per heavy atom. The summed E-state index contributed by atoms with van der Waals surface area (Å²) < 4.78 is 21.9. The molecule has 0 atom stereocenters. The molecule has 188 valence electrons. The van der Waals surface area contributed by atoms with E-state index in [1.165, 1.54) is 12.1 Å². The Morgan fingerprint density at radius 2 is 1.17 bits per heavy atom. The maximum Gasteiger partial charge on any atom is 0.335 e. The van der Waals surface area contributed by atoms with Crippen molar-refractivity contribution in [3.8, 4) is 34.5 Å². The fourth-order valence-electron chi connectivity index (χ4n) is 3.41. The minimum absolute atomic E-state index is 0.00565. The average Bonchev–Trinajstić information content (AvgIpc) is 2.82. The summed E-state index contributed by atoms with van der Waals surface area (Å²) in [5, 5.41) is 22.3. The van der Waals surface area contributed by atoms with E-state index < -0.39 is 17.4 Å². The van der Waals surface area contributed by atoms with Gasteiger partial charge in [0.25, 0.3) is 0 Å². The first-order valence-corrected chi connectivity index (χ1v) is 11.3. The fourth-order valence-corrected chi connectivity index (χ4v) is 3.41. The summed E-state index contributed by atoms with van der Waals surface area (Å²) in [4.78, 5) is 23.5. The van der Waals surface area contributed by atoms with E-state index >= 15 is 0 Å². The van der Waals surface area contributed by atoms with Gasteiger partial charge in [-0.15, -0.1) is 0 Å². The van der Waals surface area contributed by atoms with E-state index in [1.807, 2.05) is 13.8 Å². The Bertz CT molecular complexity index is 1020. The molecule has 2 aromatic rings. The average molecular weight is 485 g/mol. The highest BCUT2D eigenvalue weighted by atomic mass is 16.6. The summed E-state index contributed by atoms with van der Waals surface area (Å²) in [6.45, 7) is 14.7. The number of hydrogen-bond acceptors (Lipinski definition) is 8. The molecule has 0 saturated carbocycles. The number of phenolic OH excluding ortho intramolecular Hbond substituents is 2. The molecular weight excluding hydrogens is 452 g/mol. The van der Waals surface area contributed by atoms with Crippen LogP contribution in [0.5, 0.6) is 34.5 Å². The lowest BCUT2D eigenvalue weighted by Gasteiger charge is -2.29. The van der Waals surface area contributed by atoms with Gasteiger partial charge in [-0.25, -0.2) is 9.59 Å². The van der Waals surface area contributed by atoms with Crippen LogP contribution in [0.15, 0.2) is 49.6 Å². The fraction of sp³-hybridized carbons (Fsp3) is 0.333. The quantitative estimate of drug-likeness (QED) is 0.241. The van der Waals surface area contributed by atoms with Gasteiger partial charge >= 0.3 is 11.9 Å². The lowest BCUT2D eigenvalue weighted by molar-refractivity contribution is -0.130. The van der Waals surface area contributed by atoms with Gasteiger partial charge in [0.15, 0.2) is 23.0 Å². The van der Waals surface area contributed by atoms with Gasteiger partial charge in [-0.3, -0.25) is 0 Å². The summed E-state index contributed by atoms with van der Waals surface area (Å²) in [6, 6.07) is 6.18. The topological polar surface area (TPSA) is 112 Å². The third-order valence-corrected chi connectivity index (χ3v) is 5.19. The normalized spacial score (nSPS) is 10.9. The van der Waals surface area contributed by atoms with Crippen molar-refractivity contribution in [2.75, 3.05) is 13.2 Å². The SMILES string of the molecule is C=CC(=O)Oc1ccc(C(C)(C)c2ccc(OC(=O)C=C)c(OCCC)c2O)c(O)c1OCCC. The highest BCUT2D eigenvalue weighted by molar-refractivity contribution is 5.85. The number of aromatic hydroxyl groups is 2. The van der Waals surface area contributed by atoms with Gasteiger partial charge in [0.1, 0.15) is 0 Å². The molecule has 8 nitrogen and oxygen atoms in total. The minimum Gasteiger partial charge on any atom is -0.504 e. The number of ether oxygens (including phenoxy) is 4. The van der Waals surface area contributed by atoms with Gasteiger partial charge in [0.05, 0.1) is 13.2 Å². The lowest BCUT2D eigenvalue weighted by Crippen LogP contribution is -2.20. The highest BCUT2D eigenvalue weighted by Crippen LogP contribution is 2.51. The monoisotopic (exact) mass is 484 g/mol. The predicted molar refractivity (Wildman–Crippen MR) is 132 cm³/mol. The minimum atomic E-state index is -0.981. The van der Waals surface area contributed by atoms with Crippen molar-refractivity contribution in [3.63, 3.8) is 0 Å². The van der Waals surface area contributed by atoms with Crippen molar-refractivity contribution in [3.05, 3.63) is 60.7 Å². The summed E-state index contributed by atoms with van der Waals surface area (Å²) in [6.07, 6.45) is 3.33. The highest BCUT2D eigenvalue weighted by Gasteiger charge is 2.34. The number of esters is 2. The van der Waals surface area contributed by atoms with E-state index in [0.717, 1.165) is 12.2 Å². The number of carbonyl (C=O) groups excluding carboxylic acids is 2. The first-order valence-electron chi connectivity index (χ1n) is 11.3. The molecule has 2 rings (SSSR count). The van der Waals surface area contributed by atoms with E-state index in [1.54, 1.807) is 26.0 Å². The summed E-state index contributed by atoms with van der Waals surface area (Å²) in [5.41, 5.74) is -0.186. The van der Waals surface area contributed by atoms with Gasteiger partial charge in [-0.05, 0) is 25.0 Å². The summed E-state index contributed by atoms with van der Waals surface area (Å²) in [5.74, 6) is -1.77. The number of rotatable bonds is 12. The molecule has 0 aliphatic heterocycles. The molecule has 0 spiro atoms. The number of benzene rings is 2. The molecular formula is C27H32O8. The Labute approximate surface area is 205 Å². The smallest absolute Gasteiger partial charge is 0.335 e. The van der Waals surface area contributed by atoms with Gasteiger partial charge in [0.2, 0.25) is 11.5 Å². The zero-order valence-electron chi connectivity index (χ0n) is 20.6. The molecule has 0 aliphatic rings. The summed E-state index contributed by atoms with van der Waals surface area (Å²) >= 11 is 0. The first kappa shape index (κ1) is 27.3. The molecule has 35 heavy (non-hydrogen) atoms. The van der Waals surface area contributed by atoms with Crippen LogP contribution in [-0.4, -0.2) is 35.4 Å². The Balaban J connectivity index is 2.65. The molecule has 2 N–H and O–H groups in total. The molecule has 0 radical (unpaired) electrons. The van der Waals surface area contributed by atoms with Gasteiger partial charge in [-0.1, -0.05) is 53.0 Å². The van der Waals surface area contributed by atoms with Crippen LogP contribution >= 0.6 is 0 Å². The molecule has 0 aliphatic carbocycles. The van der Waals surface area contributed by atoms with Crippen LogP contribution in [0.2, 0.25) is 0 Å². The maximum absolute atomic E-state index is 11.8. The Hall–Kier alpha value is -3.94. The van der Waals surface area contributed by atoms with Crippen LogP contribution in [0, 0.1) is 0 Å². The molecule has 0 heterocycles. The second kappa shape index (κ2) is 12.0. The van der Waals surface area contributed by atoms with E-state index in [9.17, 15) is 19.8 Å².